The van der Waals surface area contributed by atoms with Gasteiger partial charge in [0.05, 0.1) is 0 Å². The molecule has 0 radical (unpaired) electrons. The molecule has 0 heteroatoms. The molecule has 0 heterocycles. The van der Waals surface area contributed by atoms with Crippen LogP contribution >= 0.6 is 0 Å². The van der Waals surface area contributed by atoms with E-state index in [2.05, 4.69) is 39.8 Å². The van der Waals surface area contributed by atoms with E-state index >= 15 is 0 Å². The van der Waals surface area contributed by atoms with Crippen LogP contribution in [0.3, 0.4) is 0 Å². The van der Waals surface area contributed by atoms with Gasteiger partial charge >= 0.3 is 0 Å². The summed E-state index contributed by atoms with van der Waals surface area (Å²) in [6.07, 6.45) is 11.6. The Morgan fingerprint density at radius 3 is 1.29 bits per heavy atom. The molecular formula is C14H26. The summed E-state index contributed by atoms with van der Waals surface area (Å²) in [5.41, 5.74) is 0. The Kier molecular flexibility index (Phi) is 39.6. The lowest BCUT2D eigenvalue weighted by Crippen LogP contribution is -1.61. The molecule has 0 N–H and O–H groups in total. The molecule has 0 aliphatic carbocycles. The van der Waals surface area contributed by atoms with Gasteiger partial charge in [-0.05, 0) is 19.3 Å². The maximum atomic E-state index is 3.60. The lowest BCUT2D eigenvalue weighted by Gasteiger charge is -1.81. The average molecular weight is 194 g/mol. The molecule has 0 saturated heterocycles. The molecule has 0 aliphatic rings. The van der Waals surface area contributed by atoms with Gasteiger partial charge in [0.15, 0.2) is 0 Å². The van der Waals surface area contributed by atoms with E-state index in [4.69, 9.17) is 0 Å². The number of allylic oxidation sites excluding steroid dienone is 3. The highest BCUT2D eigenvalue weighted by atomic mass is 13.8. The van der Waals surface area contributed by atoms with Gasteiger partial charge in [0.25, 0.3) is 0 Å². The molecule has 0 unspecified atom stereocenters. The van der Waals surface area contributed by atoms with Gasteiger partial charge in [0, 0.05) is 0 Å². The van der Waals surface area contributed by atoms with Crippen LogP contribution in [0, 0.1) is 0 Å². The fourth-order valence-electron chi connectivity index (χ4n) is 0.584. The summed E-state index contributed by atoms with van der Waals surface area (Å²) < 4.78 is 0. The highest BCUT2D eigenvalue weighted by Gasteiger charge is 1.71. The molecule has 0 fully saturated rings. The topological polar surface area (TPSA) is 0 Å². The Labute approximate surface area is 90.7 Å². The molecule has 0 nitrogen and oxygen atoms in total. The second kappa shape index (κ2) is 29.7. The minimum atomic E-state index is 1.06. The van der Waals surface area contributed by atoms with Gasteiger partial charge in [-0.1, -0.05) is 38.0 Å². The van der Waals surface area contributed by atoms with Crippen molar-refractivity contribution in [3.8, 4) is 0 Å². The van der Waals surface area contributed by atoms with E-state index in [0.29, 0.717) is 0 Å². The maximum absolute atomic E-state index is 3.60. The van der Waals surface area contributed by atoms with Crippen LogP contribution in [-0.2, 0) is 0 Å². The second-order valence-corrected chi connectivity index (χ2v) is 2.59. The summed E-state index contributed by atoms with van der Waals surface area (Å²) in [5, 5.41) is 0. The first kappa shape index (κ1) is 18.7. The quantitative estimate of drug-likeness (QED) is 0.397. The Morgan fingerprint density at radius 1 is 0.786 bits per heavy atom. The summed E-state index contributed by atoms with van der Waals surface area (Å²) in [4.78, 5) is 0. The zero-order chi connectivity index (χ0) is 11.7. The third-order valence-corrected chi connectivity index (χ3v) is 1.34. The van der Waals surface area contributed by atoms with Crippen molar-refractivity contribution in [2.24, 2.45) is 0 Å². The zero-order valence-electron chi connectivity index (χ0n) is 9.80. The minimum Gasteiger partial charge on any atom is -0.106 e. The third kappa shape index (κ3) is 44.2. The molecule has 0 aromatic carbocycles. The molecular weight excluding hydrogens is 168 g/mol. The van der Waals surface area contributed by atoms with Gasteiger partial charge in [0.2, 0.25) is 0 Å². The molecule has 0 aromatic heterocycles. The van der Waals surface area contributed by atoms with Crippen molar-refractivity contribution >= 4 is 0 Å². The first-order chi connectivity index (χ1) is 6.83. The van der Waals surface area contributed by atoms with Crippen LogP contribution in [0.2, 0.25) is 0 Å². The molecule has 0 aromatic rings. The number of hydrogen-bond donors (Lipinski definition) is 0. The zero-order valence-corrected chi connectivity index (χ0v) is 9.80. The third-order valence-electron chi connectivity index (χ3n) is 1.34. The fraction of sp³-hybridized carbons (Fsp3) is 0.429. The molecule has 0 amide bonds. The van der Waals surface area contributed by atoms with E-state index in [9.17, 15) is 0 Å². The molecule has 0 atom stereocenters. The Morgan fingerprint density at radius 2 is 1.14 bits per heavy atom. The molecule has 82 valence electrons. The molecule has 0 aliphatic heterocycles. The minimum absolute atomic E-state index is 1.06. The largest absolute Gasteiger partial charge is 0.106 e. The summed E-state index contributed by atoms with van der Waals surface area (Å²) in [6, 6.07) is 0. The standard InChI is InChI=1S/C6H12.C6H10.C2H4/c2*1-3-5-6-4-2;1-2/h3H,1,4-6H2,2H3;3-4H,1-2,5-6H2;1-2H2. The van der Waals surface area contributed by atoms with Crippen LogP contribution in [-0.4, -0.2) is 0 Å². The SMILES string of the molecule is C=C.C=CCCC=C.C=CCCCC. The maximum Gasteiger partial charge on any atom is -0.0319 e. The monoisotopic (exact) mass is 194 g/mol. The van der Waals surface area contributed by atoms with Gasteiger partial charge in [-0.15, -0.1) is 32.9 Å². The highest BCUT2D eigenvalue weighted by molar-refractivity contribution is 4.74. The first-order valence-corrected chi connectivity index (χ1v) is 5.16. The van der Waals surface area contributed by atoms with Crippen molar-refractivity contribution in [1.29, 1.82) is 0 Å². The van der Waals surface area contributed by atoms with E-state index in [1.807, 2.05) is 18.2 Å². The summed E-state index contributed by atoms with van der Waals surface area (Å²) in [5.74, 6) is 0. The van der Waals surface area contributed by atoms with Crippen LogP contribution in [0.1, 0.15) is 39.0 Å². The average Bonchev–Trinajstić information content (AvgIpc) is 2.27. The predicted octanol–water partition coefficient (Wildman–Crippen LogP) is 5.30. The van der Waals surface area contributed by atoms with Crippen molar-refractivity contribution in [1.82, 2.24) is 0 Å². The molecule has 14 heavy (non-hydrogen) atoms. The summed E-state index contributed by atoms with van der Waals surface area (Å²) >= 11 is 0. The van der Waals surface area contributed by atoms with Crippen LogP contribution in [0.5, 0.6) is 0 Å². The van der Waals surface area contributed by atoms with E-state index < -0.39 is 0 Å². The van der Waals surface area contributed by atoms with Gasteiger partial charge in [-0.2, -0.15) is 0 Å². The van der Waals surface area contributed by atoms with E-state index in [0.717, 1.165) is 12.8 Å². The van der Waals surface area contributed by atoms with Crippen molar-refractivity contribution in [3.05, 3.63) is 51.1 Å². The summed E-state index contributed by atoms with van der Waals surface area (Å²) in [6.45, 7) is 18.9. The van der Waals surface area contributed by atoms with E-state index in [1.165, 1.54) is 19.3 Å². The van der Waals surface area contributed by atoms with Gasteiger partial charge < -0.3 is 0 Å². The molecule has 0 rings (SSSR count). The summed E-state index contributed by atoms with van der Waals surface area (Å²) in [7, 11) is 0. The normalized spacial score (nSPS) is 6.93. The number of unbranched alkanes of at least 4 members (excludes halogenated alkanes) is 3. The van der Waals surface area contributed by atoms with Gasteiger partial charge in [-0.3, -0.25) is 0 Å². The van der Waals surface area contributed by atoms with Crippen molar-refractivity contribution < 1.29 is 0 Å². The molecule has 0 bridgehead atoms. The van der Waals surface area contributed by atoms with Crippen LogP contribution in [0.4, 0.5) is 0 Å². The van der Waals surface area contributed by atoms with Crippen molar-refractivity contribution in [3.63, 3.8) is 0 Å². The number of rotatable bonds is 6. The van der Waals surface area contributed by atoms with Gasteiger partial charge in [0.1, 0.15) is 0 Å². The highest BCUT2D eigenvalue weighted by Crippen LogP contribution is 1.91. The number of hydrogen-bond acceptors (Lipinski definition) is 0. The predicted molar refractivity (Wildman–Crippen MR) is 70.6 cm³/mol. The molecule has 0 spiro atoms. The van der Waals surface area contributed by atoms with Crippen molar-refractivity contribution in [2.45, 2.75) is 39.0 Å². The lowest BCUT2D eigenvalue weighted by atomic mass is 10.3. The lowest BCUT2D eigenvalue weighted by molar-refractivity contribution is 0.816. The van der Waals surface area contributed by atoms with Crippen LogP contribution in [0.15, 0.2) is 51.1 Å². The molecule has 0 saturated carbocycles. The van der Waals surface area contributed by atoms with Gasteiger partial charge in [-0.25, -0.2) is 0 Å². The van der Waals surface area contributed by atoms with E-state index in [-0.39, 0.29) is 0 Å². The van der Waals surface area contributed by atoms with Crippen LogP contribution in [0.25, 0.3) is 0 Å². The Bertz CT molecular complexity index is 103. The Hall–Kier alpha value is -1.04. The Balaban J connectivity index is -0.000000147. The smallest absolute Gasteiger partial charge is 0.0319 e. The van der Waals surface area contributed by atoms with E-state index in [1.54, 1.807) is 0 Å². The fourth-order valence-corrected chi connectivity index (χ4v) is 0.584. The van der Waals surface area contributed by atoms with Crippen LogP contribution < -0.4 is 0 Å². The first-order valence-electron chi connectivity index (χ1n) is 5.16. The second-order valence-electron chi connectivity index (χ2n) is 2.59. The van der Waals surface area contributed by atoms with Crippen molar-refractivity contribution in [2.75, 3.05) is 0 Å².